The summed E-state index contributed by atoms with van der Waals surface area (Å²) in [7, 11) is 0. The molecule has 1 N–H and O–H groups in total. The topological polar surface area (TPSA) is 82.1 Å². The maximum Gasteiger partial charge on any atom is 0.342 e. The zero-order valence-corrected chi connectivity index (χ0v) is 10.1. The van der Waals surface area contributed by atoms with Gasteiger partial charge in [-0.15, -0.1) is 0 Å². The van der Waals surface area contributed by atoms with Crippen LogP contribution in [-0.4, -0.2) is 30.4 Å². The van der Waals surface area contributed by atoms with Crippen molar-refractivity contribution in [2.24, 2.45) is 0 Å². The molecule has 18 heavy (non-hydrogen) atoms. The molecule has 1 aromatic carbocycles. The van der Waals surface area contributed by atoms with E-state index in [0.717, 1.165) is 0 Å². The molecule has 6 nitrogen and oxygen atoms in total. The number of hydrogen-bond acceptors (Lipinski definition) is 6. The lowest BCUT2D eigenvalue weighted by molar-refractivity contribution is -0.138. The molecule has 0 spiro atoms. The molecule has 0 heterocycles. The maximum absolute atomic E-state index is 11.5. The van der Waals surface area contributed by atoms with Gasteiger partial charge in [0.2, 0.25) is 0 Å². The van der Waals surface area contributed by atoms with Crippen molar-refractivity contribution in [2.45, 2.75) is 13.8 Å². The third-order valence-corrected chi connectivity index (χ3v) is 2.09. The van der Waals surface area contributed by atoms with Crippen LogP contribution in [0.3, 0.4) is 0 Å². The second-order valence-electron chi connectivity index (χ2n) is 3.24. The number of rotatable bonds is 5. The molecule has 0 fully saturated rings. The molecule has 0 radical (unpaired) electrons. The highest BCUT2D eigenvalue weighted by molar-refractivity contribution is 5.96. The molecular formula is C12H14O6. The average molecular weight is 254 g/mol. The average Bonchev–Trinajstić information content (AvgIpc) is 2.38. The fourth-order valence-electron chi connectivity index (χ4n) is 1.32. The molecule has 0 aromatic heterocycles. The summed E-state index contributed by atoms with van der Waals surface area (Å²) in [6.45, 7) is 3.76. The van der Waals surface area contributed by atoms with Gasteiger partial charge >= 0.3 is 11.9 Å². The van der Waals surface area contributed by atoms with Crippen molar-refractivity contribution in [2.75, 3.05) is 13.2 Å². The van der Waals surface area contributed by atoms with Gasteiger partial charge in [-0.25, -0.2) is 14.8 Å². The molecule has 0 unspecified atom stereocenters. The number of esters is 2. The lowest BCUT2D eigenvalue weighted by atomic mass is 10.1. The van der Waals surface area contributed by atoms with Gasteiger partial charge in [-0.3, -0.25) is 0 Å². The normalized spacial score (nSPS) is 9.72. The van der Waals surface area contributed by atoms with Gasteiger partial charge in [-0.1, -0.05) is 0 Å². The number of hydrogen-bond donors (Lipinski definition) is 1. The van der Waals surface area contributed by atoms with E-state index in [9.17, 15) is 9.59 Å². The largest absolute Gasteiger partial charge is 0.462 e. The molecule has 0 aliphatic heterocycles. The lowest BCUT2D eigenvalue weighted by Crippen LogP contribution is -2.09. The van der Waals surface area contributed by atoms with E-state index in [0.29, 0.717) is 0 Å². The third kappa shape index (κ3) is 3.21. The van der Waals surface area contributed by atoms with Gasteiger partial charge < -0.3 is 14.4 Å². The van der Waals surface area contributed by atoms with Crippen LogP contribution in [0.5, 0.6) is 5.75 Å². The van der Waals surface area contributed by atoms with Gasteiger partial charge in [0.25, 0.3) is 0 Å². The van der Waals surface area contributed by atoms with Crippen molar-refractivity contribution in [3.63, 3.8) is 0 Å². The number of ether oxygens (including phenoxy) is 2. The van der Waals surface area contributed by atoms with E-state index >= 15 is 0 Å². The minimum atomic E-state index is -0.642. The first kappa shape index (κ1) is 14.0. The highest BCUT2D eigenvalue weighted by Crippen LogP contribution is 2.21. The Morgan fingerprint density at radius 2 is 1.72 bits per heavy atom. The van der Waals surface area contributed by atoms with Gasteiger partial charge in [0, 0.05) is 0 Å². The van der Waals surface area contributed by atoms with Crippen LogP contribution < -0.4 is 4.89 Å². The second-order valence-corrected chi connectivity index (χ2v) is 3.24. The number of benzene rings is 1. The Balaban J connectivity index is 3.03. The van der Waals surface area contributed by atoms with Gasteiger partial charge in [-0.05, 0) is 32.0 Å². The minimum Gasteiger partial charge on any atom is -0.462 e. The quantitative estimate of drug-likeness (QED) is 0.491. The Morgan fingerprint density at radius 1 is 1.11 bits per heavy atom. The van der Waals surface area contributed by atoms with E-state index < -0.39 is 11.9 Å². The van der Waals surface area contributed by atoms with Crippen molar-refractivity contribution < 1.29 is 29.2 Å². The highest BCUT2D eigenvalue weighted by atomic mass is 17.1. The van der Waals surface area contributed by atoms with Gasteiger partial charge in [-0.2, -0.15) is 0 Å². The molecule has 98 valence electrons. The fraction of sp³-hybridized carbons (Fsp3) is 0.333. The summed E-state index contributed by atoms with van der Waals surface area (Å²) in [6, 6.07) is 3.94. The lowest BCUT2D eigenvalue weighted by Gasteiger charge is -2.08. The zero-order valence-electron chi connectivity index (χ0n) is 10.1. The zero-order chi connectivity index (χ0) is 13.5. The summed E-state index contributed by atoms with van der Waals surface area (Å²) in [4.78, 5) is 27.0. The van der Waals surface area contributed by atoms with Crippen LogP contribution in [0.25, 0.3) is 0 Å². The van der Waals surface area contributed by atoms with Crippen molar-refractivity contribution in [3.8, 4) is 5.75 Å². The summed E-state index contributed by atoms with van der Waals surface area (Å²) in [6.07, 6.45) is 0. The van der Waals surface area contributed by atoms with E-state index in [2.05, 4.69) is 4.89 Å². The summed E-state index contributed by atoms with van der Waals surface area (Å²) in [5.41, 5.74) is 0.210. The summed E-state index contributed by atoms with van der Waals surface area (Å²) in [5.74, 6) is -1.36. The highest BCUT2D eigenvalue weighted by Gasteiger charge is 2.17. The van der Waals surface area contributed by atoms with Crippen LogP contribution in [0, 0.1) is 0 Å². The Labute approximate surface area is 104 Å². The van der Waals surface area contributed by atoms with Crippen LogP contribution in [-0.2, 0) is 9.47 Å². The molecule has 0 bridgehead atoms. The maximum atomic E-state index is 11.5. The molecule has 0 saturated heterocycles. The first-order chi connectivity index (χ1) is 8.63. The first-order valence-corrected chi connectivity index (χ1v) is 5.43. The summed E-state index contributed by atoms with van der Waals surface area (Å²) in [5, 5.41) is 8.71. The van der Waals surface area contributed by atoms with Gasteiger partial charge in [0.15, 0.2) is 5.75 Å². The minimum absolute atomic E-state index is 0.0346. The SMILES string of the molecule is CCOC(=O)c1ccc(C(=O)OCC)c(OO)c1. The summed E-state index contributed by atoms with van der Waals surface area (Å²) < 4.78 is 9.56. The van der Waals surface area contributed by atoms with E-state index in [1.54, 1.807) is 13.8 Å². The molecular weight excluding hydrogens is 240 g/mol. The number of carbonyl (C=O) groups is 2. The van der Waals surface area contributed by atoms with Crippen molar-refractivity contribution >= 4 is 11.9 Å². The molecule has 0 amide bonds. The summed E-state index contributed by atoms with van der Waals surface area (Å²) >= 11 is 0. The molecule has 0 saturated carbocycles. The molecule has 0 aliphatic carbocycles. The molecule has 6 heteroatoms. The number of carbonyl (C=O) groups excluding carboxylic acids is 2. The molecule has 1 rings (SSSR count). The van der Waals surface area contributed by atoms with Crippen molar-refractivity contribution in [1.82, 2.24) is 0 Å². The Morgan fingerprint density at radius 3 is 2.28 bits per heavy atom. The third-order valence-electron chi connectivity index (χ3n) is 2.09. The monoisotopic (exact) mass is 254 g/mol. The first-order valence-electron chi connectivity index (χ1n) is 5.43. The van der Waals surface area contributed by atoms with Crippen LogP contribution in [0.2, 0.25) is 0 Å². The van der Waals surface area contributed by atoms with E-state index in [4.69, 9.17) is 14.7 Å². The predicted octanol–water partition coefficient (Wildman–Crippen LogP) is 1.89. The van der Waals surface area contributed by atoms with Crippen molar-refractivity contribution in [1.29, 1.82) is 0 Å². The molecule has 0 aliphatic rings. The Hall–Kier alpha value is -2.08. The van der Waals surface area contributed by atoms with Gasteiger partial charge in [0.05, 0.1) is 18.8 Å². The molecule has 1 aromatic rings. The van der Waals surface area contributed by atoms with Crippen LogP contribution in [0.4, 0.5) is 0 Å². The van der Waals surface area contributed by atoms with Crippen LogP contribution in [0.1, 0.15) is 34.6 Å². The smallest absolute Gasteiger partial charge is 0.342 e. The standard InChI is InChI=1S/C12H14O6/c1-3-16-11(13)8-5-6-9(10(7-8)18-15)12(14)17-4-2/h5-7,15H,3-4H2,1-2H3. The van der Waals surface area contributed by atoms with Gasteiger partial charge in [0.1, 0.15) is 5.56 Å². The Bertz CT molecular complexity index is 440. The van der Waals surface area contributed by atoms with E-state index in [1.165, 1.54) is 18.2 Å². The van der Waals surface area contributed by atoms with E-state index in [-0.39, 0.29) is 30.1 Å². The fourth-order valence-corrected chi connectivity index (χ4v) is 1.32. The predicted molar refractivity (Wildman–Crippen MR) is 61.6 cm³/mol. The van der Waals surface area contributed by atoms with E-state index in [1.807, 2.05) is 0 Å². The van der Waals surface area contributed by atoms with Crippen molar-refractivity contribution in [3.05, 3.63) is 29.3 Å². The van der Waals surface area contributed by atoms with Crippen LogP contribution >= 0.6 is 0 Å². The second kappa shape index (κ2) is 6.61. The van der Waals surface area contributed by atoms with Crippen LogP contribution in [0.15, 0.2) is 18.2 Å². The Kier molecular flexibility index (Phi) is 5.13. The molecule has 0 atom stereocenters.